The van der Waals surface area contributed by atoms with Crippen LogP contribution in [0.4, 0.5) is 5.69 Å². The zero-order valence-electron chi connectivity index (χ0n) is 11.8. The van der Waals surface area contributed by atoms with Crippen molar-refractivity contribution in [3.05, 3.63) is 29.8 Å². The number of hydrogen-bond donors (Lipinski definition) is 1. The van der Waals surface area contributed by atoms with E-state index in [2.05, 4.69) is 11.0 Å². The number of nitrogens with zero attached hydrogens (tertiary/aromatic N) is 2. The lowest BCUT2D eigenvalue weighted by molar-refractivity contribution is -0.120. The molecule has 2 aliphatic rings. The van der Waals surface area contributed by atoms with E-state index >= 15 is 0 Å². The van der Waals surface area contributed by atoms with Crippen LogP contribution in [-0.2, 0) is 11.2 Å². The van der Waals surface area contributed by atoms with Crippen molar-refractivity contribution < 1.29 is 9.90 Å². The molecule has 1 fully saturated rings. The highest BCUT2D eigenvalue weighted by atomic mass is 16.3. The molecule has 0 radical (unpaired) electrons. The Kier molecular flexibility index (Phi) is 4.03. The Morgan fingerprint density at radius 3 is 2.95 bits per heavy atom. The zero-order chi connectivity index (χ0) is 13.9. The number of rotatable bonds is 3. The molecule has 1 atom stereocenters. The third-order valence-corrected chi connectivity index (χ3v) is 4.46. The maximum Gasteiger partial charge on any atom is 0.241 e. The van der Waals surface area contributed by atoms with Gasteiger partial charge in [0.25, 0.3) is 0 Å². The molecule has 0 spiro atoms. The second-order valence-electron chi connectivity index (χ2n) is 5.73. The van der Waals surface area contributed by atoms with Gasteiger partial charge in [-0.2, -0.15) is 0 Å². The van der Waals surface area contributed by atoms with Crippen LogP contribution >= 0.6 is 0 Å². The summed E-state index contributed by atoms with van der Waals surface area (Å²) in [5, 5.41) is 9.35. The van der Waals surface area contributed by atoms with Crippen molar-refractivity contribution in [3.8, 4) is 0 Å². The predicted octanol–water partition coefficient (Wildman–Crippen LogP) is 1.42. The van der Waals surface area contributed by atoms with E-state index in [0.29, 0.717) is 6.54 Å². The Balaban J connectivity index is 1.72. The summed E-state index contributed by atoms with van der Waals surface area (Å²) in [5.41, 5.74) is 2.34. The van der Waals surface area contributed by atoms with Gasteiger partial charge in [-0.05, 0) is 43.9 Å². The maximum absolute atomic E-state index is 12.6. The second-order valence-corrected chi connectivity index (χ2v) is 5.73. The molecule has 2 heterocycles. The normalized spacial score (nSPS) is 22.9. The number of carbonyl (C=O) groups excluding carboxylic acids is 1. The van der Waals surface area contributed by atoms with Crippen LogP contribution in [0, 0.1) is 0 Å². The molecule has 4 heteroatoms. The van der Waals surface area contributed by atoms with Crippen LogP contribution in [0.5, 0.6) is 0 Å². The molecule has 1 unspecified atom stereocenters. The first kappa shape index (κ1) is 13.6. The van der Waals surface area contributed by atoms with Gasteiger partial charge in [0, 0.05) is 18.3 Å². The van der Waals surface area contributed by atoms with Gasteiger partial charge in [-0.1, -0.05) is 18.2 Å². The summed E-state index contributed by atoms with van der Waals surface area (Å²) < 4.78 is 0. The van der Waals surface area contributed by atoms with Gasteiger partial charge in [-0.15, -0.1) is 0 Å². The van der Waals surface area contributed by atoms with Crippen molar-refractivity contribution >= 4 is 11.6 Å². The monoisotopic (exact) mass is 274 g/mol. The van der Waals surface area contributed by atoms with E-state index in [0.717, 1.165) is 44.5 Å². The molecule has 0 bridgehead atoms. The van der Waals surface area contributed by atoms with Crippen molar-refractivity contribution in [1.29, 1.82) is 0 Å². The van der Waals surface area contributed by atoms with E-state index in [9.17, 15) is 9.90 Å². The molecule has 0 aromatic heterocycles. The van der Waals surface area contributed by atoms with Gasteiger partial charge in [-0.25, -0.2) is 0 Å². The molecular formula is C16H22N2O2. The highest BCUT2D eigenvalue weighted by molar-refractivity contribution is 5.96. The molecule has 1 N–H and O–H groups in total. The number of hydrogen-bond acceptors (Lipinski definition) is 3. The number of benzene rings is 1. The second kappa shape index (κ2) is 5.94. The molecule has 0 aliphatic carbocycles. The molecule has 20 heavy (non-hydrogen) atoms. The van der Waals surface area contributed by atoms with Gasteiger partial charge >= 0.3 is 0 Å². The number of aryl methyl sites for hydroxylation is 1. The molecule has 1 aromatic rings. The largest absolute Gasteiger partial charge is 0.395 e. The number of carbonyl (C=O) groups is 1. The smallest absolute Gasteiger partial charge is 0.241 e. The van der Waals surface area contributed by atoms with E-state index in [4.69, 9.17) is 0 Å². The van der Waals surface area contributed by atoms with E-state index < -0.39 is 0 Å². The van der Waals surface area contributed by atoms with E-state index in [-0.39, 0.29) is 18.6 Å². The standard InChI is InChI=1S/C16H22N2O2/c19-12-14-7-4-9-17(14)11-16(20)18-10-3-6-13-5-1-2-8-15(13)18/h1-2,5,8,14,19H,3-4,6-7,9-12H2. The average molecular weight is 274 g/mol. The van der Waals surface area contributed by atoms with Crippen LogP contribution in [-0.4, -0.2) is 48.2 Å². The summed E-state index contributed by atoms with van der Waals surface area (Å²) in [6, 6.07) is 8.35. The highest BCUT2D eigenvalue weighted by Gasteiger charge is 2.29. The fraction of sp³-hybridized carbons (Fsp3) is 0.562. The van der Waals surface area contributed by atoms with Crippen molar-refractivity contribution in [2.75, 3.05) is 31.1 Å². The summed E-state index contributed by atoms with van der Waals surface area (Å²) in [7, 11) is 0. The van der Waals surface area contributed by atoms with Crippen molar-refractivity contribution in [2.24, 2.45) is 0 Å². The molecule has 4 nitrogen and oxygen atoms in total. The van der Waals surface area contributed by atoms with Gasteiger partial charge in [-0.3, -0.25) is 9.69 Å². The Hall–Kier alpha value is -1.39. The summed E-state index contributed by atoms with van der Waals surface area (Å²) in [4.78, 5) is 16.6. The minimum atomic E-state index is 0.157. The topological polar surface area (TPSA) is 43.8 Å². The Morgan fingerprint density at radius 2 is 2.10 bits per heavy atom. The Bertz CT molecular complexity index is 489. The van der Waals surface area contributed by atoms with Crippen molar-refractivity contribution in [1.82, 2.24) is 4.90 Å². The molecule has 3 rings (SSSR count). The number of anilines is 1. The maximum atomic E-state index is 12.6. The number of fused-ring (bicyclic) bond motifs is 1. The van der Waals surface area contributed by atoms with Gasteiger partial charge in [0.2, 0.25) is 5.91 Å². The SMILES string of the molecule is O=C(CN1CCCC1CO)N1CCCc2ccccc21. The first-order chi connectivity index (χ1) is 9.79. The molecule has 0 saturated carbocycles. The molecule has 1 aromatic carbocycles. The zero-order valence-corrected chi connectivity index (χ0v) is 11.8. The Morgan fingerprint density at radius 1 is 1.25 bits per heavy atom. The third-order valence-electron chi connectivity index (χ3n) is 4.46. The van der Waals surface area contributed by atoms with Gasteiger partial charge in [0.15, 0.2) is 0 Å². The lowest BCUT2D eigenvalue weighted by Gasteiger charge is -2.32. The van der Waals surface area contributed by atoms with Crippen LogP contribution in [0.3, 0.4) is 0 Å². The van der Waals surface area contributed by atoms with E-state index in [1.807, 2.05) is 23.1 Å². The van der Waals surface area contributed by atoms with Crippen molar-refractivity contribution in [3.63, 3.8) is 0 Å². The first-order valence-electron chi connectivity index (χ1n) is 7.53. The molecule has 2 aliphatic heterocycles. The molecular weight excluding hydrogens is 252 g/mol. The predicted molar refractivity (Wildman–Crippen MR) is 78.8 cm³/mol. The number of para-hydroxylation sites is 1. The van der Waals surface area contributed by atoms with Gasteiger partial charge in [0.1, 0.15) is 0 Å². The van der Waals surface area contributed by atoms with E-state index in [1.165, 1.54) is 5.56 Å². The van der Waals surface area contributed by atoms with Crippen LogP contribution in [0.25, 0.3) is 0 Å². The summed E-state index contributed by atoms with van der Waals surface area (Å²) in [6.45, 7) is 2.32. The number of aliphatic hydroxyl groups is 1. The number of likely N-dealkylation sites (tertiary alicyclic amines) is 1. The third kappa shape index (κ3) is 2.58. The Labute approximate surface area is 120 Å². The summed E-state index contributed by atoms with van der Waals surface area (Å²) in [5.74, 6) is 0.164. The van der Waals surface area contributed by atoms with Crippen LogP contribution in [0.1, 0.15) is 24.8 Å². The fourth-order valence-electron chi connectivity index (χ4n) is 3.36. The highest BCUT2D eigenvalue weighted by Crippen LogP contribution is 2.27. The minimum absolute atomic E-state index is 0.157. The fourth-order valence-corrected chi connectivity index (χ4v) is 3.36. The molecule has 108 valence electrons. The quantitative estimate of drug-likeness (QED) is 0.906. The molecule has 1 saturated heterocycles. The van der Waals surface area contributed by atoms with Crippen LogP contribution < -0.4 is 4.90 Å². The van der Waals surface area contributed by atoms with Crippen LogP contribution in [0.15, 0.2) is 24.3 Å². The summed E-state index contributed by atoms with van der Waals surface area (Å²) in [6.07, 6.45) is 4.17. The van der Waals surface area contributed by atoms with E-state index in [1.54, 1.807) is 0 Å². The van der Waals surface area contributed by atoms with Gasteiger partial charge in [0.05, 0.1) is 13.2 Å². The number of amides is 1. The lowest BCUT2D eigenvalue weighted by Crippen LogP contribution is -2.45. The van der Waals surface area contributed by atoms with Crippen LogP contribution in [0.2, 0.25) is 0 Å². The summed E-state index contributed by atoms with van der Waals surface area (Å²) >= 11 is 0. The minimum Gasteiger partial charge on any atom is -0.395 e. The first-order valence-corrected chi connectivity index (χ1v) is 7.53. The van der Waals surface area contributed by atoms with Gasteiger partial charge < -0.3 is 10.0 Å². The molecule has 1 amide bonds. The average Bonchev–Trinajstić information content (AvgIpc) is 2.93. The van der Waals surface area contributed by atoms with Crippen molar-refractivity contribution in [2.45, 2.75) is 31.7 Å². The number of aliphatic hydroxyl groups excluding tert-OH is 1. The lowest BCUT2D eigenvalue weighted by atomic mass is 10.0.